The molecule has 2 rings (SSSR count). The number of nitro benzene ring substituents is 1. The maximum Gasteiger partial charge on any atom is 0.310 e. The van der Waals surface area contributed by atoms with Gasteiger partial charge in [0.15, 0.2) is 5.75 Å². The Kier molecular flexibility index (Phi) is 4.65. The van der Waals surface area contributed by atoms with Crippen molar-refractivity contribution >= 4 is 21.6 Å². The van der Waals surface area contributed by atoms with Crippen LogP contribution in [0.5, 0.6) is 5.75 Å². The molecule has 110 valence electrons. The van der Waals surface area contributed by atoms with Crippen LogP contribution >= 0.6 is 15.9 Å². The molecular weight excluding hydrogens is 326 g/mol. The van der Waals surface area contributed by atoms with E-state index in [1.54, 1.807) is 12.1 Å². The standard InChI is InChI=1S/C14H18BrNO4/c1-14(2)6-5-11(20-14)9-19-13-7-10(8-15)3-4-12(13)16(17)18/h3-4,7,11H,5-6,8-9H2,1-2H3. The molecule has 1 saturated heterocycles. The van der Waals surface area contributed by atoms with Gasteiger partial charge in [0.25, 0.3) is 0 Å². The molecule has 0 spiro atoms. The van der Waals surface area contributed by atoms with E-state index in [2.05, 4.69) is 15.9 Å². The first-order valence-corrected chi connectivity index (χ1v) is 7.67. The lowest BCUT2D eigenvalue weighted by molar-refractivity contribution is -0.385. The van der Waals surface area contributed by atoms with Gasteiger partial charge < -0.3 is 9.47 Å². The largest absolute Gasteiger partial charge is 0.484 e. The summed E-state index contributed by atoms with van der Waals surface area (Å²) in [5.74, 6) is 0.306. The number of ether oxygens (including phenoxy) is 2. The van der Waals surface area contributed by atoms with Crippen LogP contribution in [-0.4, -0.2) is 23.2 Å². The van der Waals surface area contributed by atoms with Crippen molar-refractivity contribution < 1.29 is 14.4 Å². The van der Waals surface area contributed by atoms with Gasteiger partial charge in [-0.15, -0.1) is 0 Å². The number of hydrogen-bond acceptors (Lipinski definition) is 4. The van der Waals surface area contributed by atoms with E-state index in [-0.39, 0.29) is 17.4 Å². The summed E-state index contributed by atoms with van der Waals surface area (Å²) < 4.78 is 11.5. The van der Waals surface area contributed by atoms with E-state index in [4.69, 9.17) is 9.47 Å². The van der Waals surface area contributed by atoms with Crippen molar-refractivity contribution in [1.29, 1.82) is 0 Å². The second-order valence-electron chi connectivity index (χ2n) is 5.54. The topological polar surface area (TPSA) is 61.6 Å². The summed E-state index contributed by atoms with van der Waals surface area (Å²) in [5, 5.41) is 11.6. The van der Waals surface area contributed by atoms with E-state index >= 15 is 0 Å². The lowest BCUT2D eigenvalue weighted by Crippen LogP contribution is -2.24. The molecule has 1 unspecified atom stereocenters. The molecule has 6 heteroatoms. The number of hydrogen-bond donors (Lipinski definition) is 0. The minimum Gasteiger partial charge on any atom is -0.484 e. The fourth-order valence-corrected chi connectivity index (χ4v) is 2.63. The van der Waals surface area contributed by atoms with Crippen molar-refractivity contribution in [3.63, 3.8) is 0 Å². The number of rotatable bonds is 5. The average Bonchev–Trinajstić information content (AvgIpc) is 2.75. The van der Waals surface area contributed by atoms with Gasteiger partial charge in [0.2, 0.25) is 0 Å². The third-order valence-electron chi connectivity index (χ3n) is 3.35. The number of halogens is 1. The number of nitro groups is 1. The minimum atomic E-state index is -0.424. The molecule has 5 nitrogen and oxygen atoms in total. The summed E-state index contributed by atoms with van der Waals surface area (Å²) in [6, 6.07) is 4.90. The van der Waals surface area contributed by atoms with Crippen LogP contribution in [0.1, 0.15) is 32.3 Å². The van der Waals surface area contributed by atoms with Crippen molar-refractivity contribution in [2.45, 2.75) is 43.7 Å². The summed E-state index contributed by atoms with van der Waals surface area (Å²) >= 11 is 3.34. The monoisotopic (exact) mass is 343 g/mol. The van der Waals surface area contributed by atoms with E-state index in [9.17, 15) is 10.1 Å². The highest BCUT2D eigenvalue weighted by Crippen LogP contribution is 2.32. The molecule has 1 heterocycles. The zero-order valence-electron chi connectivity index (χ0n) is 11.6. The van der Waals surface area contributed by atoms with Gasteiger partial charge in [-0.3, -0.25) is 10.1 Å². The molecule has 0 aromatic heterocycles. The molecule has 0 aliphatic carbocycles. The highest BCUT2D eigenvalue weighted by molar-refractivity contribution is 9.08. The van der Waals surface area contributed by atoms with Crippen LogP contribution in [0, 0.1) is 10.1 Å². The van der Waals surface area contributed by atoms with Gasteiger partial charge in [-0.2, -0.15) is 0 Å². The predicted molar refractivity (Wildman–Crippen MR) is 79.4 cm³/mol. The van der Waals surface area contributed by atoms with Crippen molar-refractivity contribution in [3.8, 4) is 5.75 Å². The molecule has 0 saturated carbocycles. The molecule has 1 aromatic rings. The van der Waals surface area contributed by atoms with Gasteiger partial charge in [-0.25, -0.2) is 0 Å². The quantitative estimate of drug-likeness (QED) is 0.463. The summed E-state index contributed by atoms with van der Waals surface area (Å²) in [4.78, 5) is 10.6. The van der Waals surface area contributed by atoms with Crippen LogP contribution in [0.25, 0.3) is 0 Å². The zero-order valence-corrected chi connectivity index (χ0v) is 13.2. The second-order valence-corrected chi connectivity index (χ2v) is 6.10. The molecule has 1 aromatic carbocycles. The Bertz CT molecular complexity index is 504. The fraction of sp³-hybridized carbons (Fsp3) is 0.571. The maximum atomic E-state index is 11.0. The van der Waals surface area contributed by atoms with Gasteiger partial charge in [0.05, 0.1) is 16.6 Å². The van der Waals surface area contributed by atoms with E-state index in [1.165, 1.54) is 6.07 Å². The first-order valence-electron chi connectivity index (χ1n) is 6.55. The second kappa shape index (κ2) is 6.10. The lowest BCUT2D eigenvalue weighted by Gasteiger charge is -2.19. The third kappa shape index (κ3) is 3.70. The lowest BCUT2D eigenvalue weighted by atomic mass is 10.1. The Labute approximate surface area is 126 Å². The highest BCUT2D eigenvalue weighted by atomic mass is 79.9. The van der Waals surface area contributed by atoms with Gasteiger partial charge in [0.1, 0.15) is 6.61 Å². The number of benzene rings is 1. The van der Waals surface area contributed by atoms with Gasteiger partial charge in [0, 0.05) is 11.4 Å². The van der Waals surface area contributed by atoms with E-state index in [0.29, 0.717) is 17.7 Å². The first-order chi connectivity index (χ1) is 9.41. The summed E-state index contributed by atoms with van der Waals surface area (Å²) in [7, 11) is 0. The molecule has 0 amide bonds. The molecule has 0 radical (unpaired) electrons. The molecular formula is C14H18BrNO4. The van der Waals surface area contributed by atoms with Gasteiger partial charge in [-0.05, 0) is 38.3 Å². The summed E-state index contributed by atoms with van der Waals surface area (Å²) in [6.07, 6.45) is 1.89. The summed E-state index contributed by atoms with van der Waals surface area (Å²) in [5.41, 5.74) is 0.808. The number of nitrogens with zero attached hydrogens (tertiary/aromatic N) is 1. The zero-order chi connectivity index (χ0) is 14.8. The van der Waals surface area contributed by atoms with Gasteiger partial charge >= 0.3 is 5.69 Å². The van der Waals surface area contributed by atoms with Gasteiger partial charge in [-0.1, -0.05) is 22.0 Å². The smallest absolute Gasteiger partial charge is 0.310 e. The minimum absolute atomic E-state index is 0.00256. The van der Waals surface area contributed by atoms with Crippen molar-refractivity contribution in [1.82, 2.24) is 0 Å². The van der Waals surface area contributed by atoms with Crippen LogP contribution in [0.4, 0.5) is 5.69 Å². The van der Waals surface area contributed by atoms with E-state index in [0.717, 1.165) is 18.4 Å². The van der Waals surface area contributed by atoms with E-state index < -0.39 is 4.92 Å². The molecule has 1 aliphatic rings. The molecule has 0 bridgehead atoms. The SMILES string of the molecule is CC1(C)CCC(COc2cc(CBr)ccc2[N+](=O)[O-])O1. The highest BCUT2D eigenvalue weighted by Gasteiger charge is 2.32. The number of alkyl halides is 1. The van der Waals surface area contributed by atoms with Crippen LogP contribution in [0.15, 0.2) is 18.2 Å². The summed E-state index contributed by atoms with van der Waals surface area (Å²) in [6.45, 7) is 4.43. The van der Waals surface area contributed by atoms with Crippen LogP contribution in [-0.2, 0) is 10.1 Å². The predicted octanol–water partition coefficient (Wildman–Crippen LogP) is 3.83. The Balaban J connectivity index is 2.06. The first kappa shape index (κ1) is 15.3. The Morgan fingerprint density at radius 3 is 2.85 bits per heavy atom. The van der Waals surface area contributed by atoms with Crippen molar-refractivity contribution in [2.24, 2.45) is 0 Å². The maximum absolute atomic E-state index is 11.0. The third-order valence-corrected chi connectivity index (χ3v) is 4.00. The molecule has 1 fully saturated rings. The average molecular weight is 344 g/mol. The molecule has 1 atom stereocenters. The molecule has 1 aliphatic heterocycles. The van der Waals surface area contributed by atoms with Crippen molar-refractivity contribution in [3.05, 3.63) is 33.9 Å². The molecule has 20 heavy (non-hydrogen) atoms. The van der Waals surface area contributed by atoms with Crippen LogP contribution in [0.2, 0.25) is 0 Å². The van der Waals surface area contributed by atoms with Crippen LogP contribution < -0.4 is 4.74 Å². The fourth-order valence-electron chi connectivity index (χ4n) is 2.29. The van der Waals surface area contributed by atoms with Crippen LogP contribution in [0.3, 0.4) is 0 Å². The Hall–Kier alpha value is -1.14. The van der Waals surface area contributed by atoms with E-state index in [1.807, 2.05) is 13.8 Å². The van der Waals surface area contributed by atoms with Crippen molar-refractivity contribution in [2.75, 3.05) is 6.61 Å². The Morgan fingerprint density at radius 2 is 2.30 bits per heavy atom. The Morgan fingerprint density at radius 1 is 1.55 bits per heavy atom. The molecule has 0 N–H and O–H groups in total. The normalized spacial score (nSPS) is 20.9.